The van der Waals surface area contributed by atoms with Crippen LogP contribution in [0.3, 0.4) is 0 Å². The first-order chi connectivity index (χ1) is 9.78. The van der Waals surface area contributed by atoms with Gasteiger partial charge in [0.25, 0.3) is 0 Å². The highest BCUT2D eigenvalue weighted by atomic mass is 28.4. The molecule has 3 saturated carbocycles. The Kier molecular flexibility index (Phi) is 3.19. The highest BCUT2D eigenvalue weighted by Crippen LogP contribution is 2.76. The minimum Gasteiger partial charge on any atom is -0.298 e. The average Bonchev–Trinajstić information content (AvgIpc) is 2.88. The van der Waals surface area contributed by atoms with Crippen LogP contribution < -0.4 is 0 Å². The lowest BCUT2D eigenvalue weighted by Crippen LogP contribution is -2.42. The number of carbonyl (C=O) groups excluding carboxylic acids is 1. The largest absolute Gasteiger partial charge is 0.433 e. The van der Waals surface area contributed by atoms with Crippen molar-refractivity contribution in [1.82, 2.24) is 0 Å². The molecule has 0 aromatic heterocycles. The minimum atomic E-state index is -4.36. The zero-order valence-electron chi connectivity index (χ0n) is 14.9. The van der Waals surface area contributed by atoms with Gasteiger partial charge in [-0.25, -0.2) is 0 Å². The van der Waals surface area contributed by atoms with E-state index in [1.807, 2.05) is 13.8 Å². The lowest BCUT2D eigenvalue weighted by atomic mass is 9.66. The summed E-state index contributed by atoms with van der Waals surface area (Å²) >= 11 is 0. The molecule has 0 saturated heterocycles. The van der Waals surface area contributed by atoms with Gasteiger partial charge in [0, 0.05) is 21.4 Å². The molecule has 0 radical (unpaired) electrons. The van der Waals surface area contributed by atoms with E-state index >= 15 is 8.22 Å². The first-order valence-corrected chi connectivity index (χ1v) is 10.5. The van der Waals surface area contributed by atoms with Crippen LogP contribution in [0.15, 0.2) is 0 Å². The maximum absolute atomic E-state index is 15.1. The van der Waals surface area contributed by atoms with E-state index in [0.29, 0.717) is 18.6 Å². The van der Waals surface area contributed by atoms with Crippen LogP contribution in [-0.2, 0) is 4.79 Å². The summed E-state index contributed by atoms with van der Waals surface area (Å²) in [7, 11) is -4.36. The van der Waals surface area contributed by atoms with Gasteiger partial charge >= 0.3 is 8.74 Å². The van der Waals surface area contributed by atoms with Crippen molar-refractivity contribution < 1.29 is 13.0 Å². The molecular formula is C18H30F2OSi. The van der Waals surface area contributed by atoms with Crippen molar-refractivity contribution in [3.05, 3.63) is 0 Å². The molecule has 0 amide bonds. The van der Waals surface area contributed by atoms with Gasteiger partial charge in [-0.2, -0.15) is 0 Å². The molecule has 0 aromatic rings. The molecule has 3 fully saturated rings. The number of rotatable bonds is 1. The van der Waals surface area contributed by atoms with Crippen LogP contribution in [0, 0.1) is 22.2 Å². The Bertz CT molecular complexity index is 522. The summed E-state index contributed by atoms with van der Waals surface area (Å²) in [4.78, 5) is 13.2. The zero-order chi connectivity index (χ0) is 16.8. The molecule has 22 heavy (non-hydrogen) atoms. The topological polar surface area (TPSA) is 17.1 Å². The van der Waals surface area contributed by atoms with E-state index in [2.05, 4.69) is 6.92 Å². The lowest BCUT2D eigenvalue weighted by molar-refractivity contribution is -0.135. The molecule has 0 N–H and O–H groups in total. The molecule has 126 valence electrons. The third-order valence-corrected chi connectivity index (χ3v) is 10.8. The smallest absolute Gasteiger partial charge is 0.298 e. The molecule has 0 heterocycles. The van der Waals surface area contributed by atoms with Gasteiger partial charge in [0.1, 0.15) is 5.78 Å². The lowest BCUT2D eigenvalue weighted by Gasteiger charge is -2.38. The van der Waals surface area contributed by atoms with E-state index in [1.54, 1.807) is 20.8 Å². The molecule has 3 aliphatic rings. The van der Waals surface area contributed by atoms with Crippen molar-refractivity contribution in [2.75, 3.05) is 0 Å². The third-order valence-electron chi connectivity index (χ3n) is 7.32. The molecule has 4 atom stereocenters. The Morgan fingerprint density at radius 2 is 1.77 bits per heavy atom. The van der Waals surface area contributed by atoms with E-state index in [1.165, 1.54) is 0 Å². The average molecular weight is 329 g/mol. The van der Waals surface area contributed by atoms with Gasteiger partial charge in [-0.1, -0.05) is 41.5 Å². The normalized spacial score (nSPS) is 44.3. The second-order valence-corrected chi connectivity index (χ2v) is 13.7. The van der Waals surface area contributed by atoms with Crippen LogP contribution in [0.2, 0.25) is 10.6 Å². The van der Waals surface area contributed by atoms with Crippen LogP contribution in [0.25, 0.3) is 0 Å². The molecule has 0 unspecified atom stereocenters. The summed E-state index contributed by atoms with van der Waals surface area (Å²) in [6, 6.07) is 0. The van der Waals surface area contributed by atoms with E-state index < -0.39 is 24.7 Å². The monoisotopic (exact) mass is 328 g/mol. The second-order valence-electron chi connectivity index (χ2n) is 10.2. The van der Waals surface area contributed by atoms with Gasteiger partial charge in [0.15, 0.2) is 0 Å². The first kappa shape index (κ1) is 16.6. The quantitative estimate of drug-likeness (QED) is 0.443. The molecule has 0 bridgehead atoms. The number of hydrogen-bond acceptors (Lipinski definition) is 1. The SMILES string of the molecule is CC1(C)C[C@]2(C)CC[C@H]3C[C@@H]([Si](F)(F)C(C)(C)C)C[C@]32C1=O. The van der Waals surface area contributed by atoms with Crippen molar-refractivity contribution in [1.29, 1.82) is 0 Å². The maximum Gasteiger partial charge on any atom is 0.433 e. The summed E-state index contributed by atoms with van der Waals surface area (Å²) < 4.78 is 30.1. The standard InChI is InChI=1S/C18H30F2OSi/c1-15(2,3)22(19,20)13-9-12-7-8-17(6)11-16(4,5)14(21)18(12,17)10-13/h12-13H,7-11H2,1-6H3/t12-,13+,17-,18+/m0/s1. The number of ketones is 1. The van der Waals surface area contributed by atoms with Crippen LogP contribution in [0.1, 0.15) is 73.6 Å². The molecule has 3 rings (SSSR count). The highest BCUT2D eigenvalue weighted by molar-refractivity contribution is 6.70. The van der Waals surface area contributed by atoms with Crippen LogP contribution in [-0.4, -0.2) is 14.5 Å². The Morgan fingerprint density at radius 1 is 1.18 bits per heavy atom. The van der Waals surface area contributed by atoms with Crippen molar-refractivity contribution >= 4 is 14.5 Å². The molecular weight excluding hydrogens is 298 g/mol. The van der Waals surface area contributed by atoms with Crippen molar-refractivity contribution in [2.45, 2.75) is 84.2 Å². The third kappa shape index (κ3) is 1.76. The van der Waals surface area contributed by atoms with Crippen LogP contribution >= 0.6 is 0 Å². The van der Waals surface area contributed by atoms with Gasteiger partial charge < -0.3 is 0 Å². The maximum atomic E-state index is 15.1. The Hall–Kier alpha value is -0.253. The number of carbonyl (C=O) groups is 1. The summed E-state index contributed by atoms with van der Waals surface area (Å²) in [6.07, 6.45) is 3.96. The summed E-state index contributed by atoms with van der Waals surface area (Å²) in [5.74, 6) is 0.503. The molecule has 1 spiro atoms. The Labute approximate surface area is 134 Å². The second kappa shape index (κ2) is 4.23. The van der Waals surface area contributed by atoms with Crippen LogP contribution in [0.5, 0.6) is 0 Å². The van der Waals surface area contributed by atoms with E-state index in [0.717, 1.165) is 19.3 Å². The van der Waals surface area contributed by atoms with E-state index in [9.17, 15) is 4.79 Å². The fourth-order valence-electron chi connectivity index (χ4n) is 6.35. The van der Waals surface area contributed by atoms with Gasteiger partial charge in [0.2, 0.25) is 0 Å². The highest BCUT2D eigenvalue weighted by Gasteiger charge is 2.75. The number of Topliss-reactive ketones (excluding diaryl/α,β-unsaturated/α-hetero) is 1. The Balaban J connectivity index is 2.01. The molecule has 0 aliphatic heterocycles. The summed E-state index contributed by atoms with van der Waals surface area (Å²) in [5, 5.41) is -0.902. The van der Waals surface area contributed by atoms with Gasteiger partial charge in [0.05, 0.1) is 0 Å². The van der Waals surface area contributed by atoms with Crippen LogP contribution in [0.4, 0.5) is 8.22 Å². The molecule has 1 nitrogen and oxygen atoms in total. The fourth-order valence-corrected chi connectivity index (χ4v) is 8.73. The van der Waals surface area contributed by atoms with Gasteiger partial charge in [-0.05, 0) is 43.4 Å². The summed E-state index contributed by atoms with van der Waals surface area (Å²) in [5.41, 5.74) is -1.32. The predicted octanol–water partition coefficient (Wildman–Crippen LogP) is 5.73. The van der Waals surface area contributed by atoms with E-state index in [-0.39, 0.29) is 16.7 Å². The summed E-state index contributed by atoms with van der Waals surface area (Å²) in [6.45, 7) is 11.3. The Morgan fingerprint density at radius 3 is 2.32 bits per heavy atom. The minimum absolute atomic E-state index is 0.0463. The first-order valence-electron chi connectivity index (χ1n) is 8.71. The van der Waals surface area contributed by atoms with Crippen molar-refractivity contribution in [3.63, 3.8) is 0 Å². The van der Waals surface area contributed by atoms with Gasteiger partial charge in [-0.3, -0.25) is 13.0 Å². The predicted molar refractivity (Wildman–Crippen MR) is 87.3 cm³/mol. The fraction of sp³-hybridized carbons (Fsp3) is 0.944. The van der Waals surface area contributed by atoms with Gasteiger partial charge in [-0.15, -0.1) is 0 Å². The number of hydrogen-bond donors (Lipinski definition) is 0. The van der Waals surface area contributed by atoms with E-state index in [4.69, 9.17) is 0 Å². The van der Waals surface area contributed by atoms with Crippen molar-refractivity contribution in [3.8, 4) is 0 Å². The zero-order valence-corrected chi connectivity index (χ0v) is 15.9. The molecule has 0 aromatic carbocycles. The van der Waals surface area contributed by atoms with Crippen molar-refractivity contribution in [2.24, 2.45) is 22.2 Å². The number of halogens is 2. The molecule has 3 aliphatic carbocycles. The molecule has 4 heteroatoms.